The van der Waals surface area contributed by atoms with Gasteiger partial charge in [0.2, 0.25) is 0 Å². The third-order valence-electron chi connectivity index (χ3n) is 5.26. The van der Waals surface area contributed by atoms with Crippen molar-refractivity contribution in [1.82, 2.24) is 0 Å². The smallest absolute Gasteiger partial charge is 0.465 e. The largest absolute Gasteiger partial charge is 0.494 e. The highest BCUT2D eigenvalue weighted by atomic mass is 16.7. The Labute approximate surface area is 149 Å². The molecule has 1 aromatic carbocycles. The molecule has 0 N–H and O–H groups in total. The maximum Gasteiger partial charge on any atom is 0.494 e. The number of rotatable bonds is 3. The lowest BCUT2D eigenvalue weighted by atomic mass is 9.78. The predicted octanol–water partition coefficient (Wildman–Crippen LogP) is 1.61. The lowest BCUT2D eigenvalue weighted by molar-refractivity contribution is 0.00578. The summed E-state index contributed by atoms with van der Waals surface area (Å²) >= 11 is 0. The monoisotopic (exact) mass is 347 g/mol. The average Bonchev–Trinajstić information content (AvgIpc) is 2.82. The zero-order chi connectivity index (χ0) is 18.2. The summed E-state index contributed by atoms with van der Waals surface area (Å²) in [5.41, 5.74) is 1.41. The summed E-state index contributed by atoms with van der Waals surface area (Å²) in [7, 11) is 0.868. The normalized spacial score (nSPS) is 22.1. The molecule has 0 aliphatic carbocycles. The van der Waals surface area contributed by atoms with Crippen molar-refractivity contribution in [2.75, 3.05) is 38.3 Å². The number of carbonyl (C=O) groups excluding carboxylic acids is 1. The van der Waals surface area contributed by atoms with Crippen LogP contribution in [-0.4, -0.2) is 57.7 Å². The van der Waals surface area contributed by atoms with Crippen LogP contribution in [0.3, 0.4) is 0 Å². The third-order valence-corrected chi connectivity index (χ3v) is 5.26. The van der Waals surface area contributed by atoms with Crippen LogP contribution in [0, 0.1) is 0 Å². The van der Waals surface area contributed by atoms with Gasteiger partial charge in [-0.2, -0.15) is 0 Å². The fourth-order valence-electron chi connectivity index (χ4n) is 2.99. The number of methoxy groups -OCH3 is 1. The van der Waals surface area contributed by atoms with Gasteiger partial charge in [-0.25, -0.2) is 4.79 Å². The first-order valence-corrected chi connectivity index (χ1v) is 8.65. The van der Waals surface area contributed by atoms with E-state index in [1.165, 1.54) is 7.11 Å². The fourth-order valence-corrected chi connectivity index (χ4v) is 2.99. The van der Waals surface area contributed by atoms with Crippen molar-refractivity contribution >= 4 is 24.2 Å². The minimum atomic E-state index is -0.519. The molecule has 0 saturated carbocycles. The second-order valence-electron chi connectivity index (χ2n) is 7.49. The summed E-state index contributed by atoms with van der Waals surface area (Å²) < 4.78 is 22.6. The van der Waals surface area contributed by atoms with Gasteiger partial charge < -0.3 is 23.7 Å². The van der Waals surface area contributed by atoms with Crippen LogP contribution >= 0.6 is 0 Å². The van der Waals surface area contributed by atoms with E-state index in [1.807, 2.05) is 39.8 Å². The van der Waals surface area contributed by atoms with Crippen molar-refractivity contribution < 1.29 is 23.6 Å². The molecule has 136 valence electrons. The minimum absolute atomic E-state index is 0.368. The van der Waals surface area contributed by atoms with Gasteiger partial charge in [-0.3, -0.25) is 0 Å². The maximum atomic E-state index is 12.1. The molecule has 25 heavy (non-hydrogen) atoms. The molecule has 2 fully saturated rings. The summed E-state index contributed by atoms with van der Waals surface area (Å²) in [5, 5.41) is 0. The third kappa shape index (κ3) is 3.54. The number of nitrogens with zero attached hydrogens (tertiary/aromatic N) is 1. The lowest BCUT2D eigenvalue weighted by Gasteiger charge is -2.32. The Hall–Kier alpha value is -1.57. The van der Waals surface area contributed by atoms with Crippen molar-refractivity contribution in [1.29, 1.82) is 0 Å². The second kappa shape index (κ2) is 6.63. The van der Waals surface area contributed by atoms with E-state index >= 15 is 0 Å². The molecule has 2 aliphatic rings. The summed E-state index contributed by atoms with van der Waals surface area (Å²) in [6.07, 6.45) is 0. The Balaban J connectivity index is 1.97. The number of benzene rings is 1. The van der Waals surface area contributed by atoms with Crippen LogP contribution in [0.4, 0.5) is 5.69 Å². The van der Waals surface area contributed by atoms with Crippen LogP contribution in [0.5, 0.6) is 0 Å². The summed E-state index contributed by atoms with van der Waals surface area (Å²) in [6, 6.07) is 5.67. The van der Waals surface area contributed by atoms with Crippen LogP contribution in [-0.2, 0) is 18.8 Å². The van der Waals surface area contributed by atoms with Gasteiger partial charge >= 0.3 is 13.1 Å². The molecule has 7 heteroatoms. The Morgan fingerprint density at radius 3 is 2.24 bits per heavy atom. The van der Waals surface area contributed by atoms with E-state index in [0.717, 1.165) is 24.2 Å². The number of carbonyl (C=O) groups is 1. The molecule has 0 atom stereocenters. The van der Waals surface area contributed by atoms with Crippen LogP contribution in [0.25, 0.3) is 0 Å². The molecule has 0 bridgehead atoms. The number of ether oxygens (including phenoxy) is 2. The van der Waals surface area contributed by atoms with Crippen molar-refractivity contribution in [3.05, 3.63) is 23.8 Å². The highest BCUT2D eigenvalue weighted by Crippen LogP contribution is 2.36. The van der Waals surface area contributed by atoms with Crippen molar-refractivity contribution in [3.63, 3.8) is 0 Å². The zero-order valence-electron chi connectivity index (χ0n) is 15.6. The summed E-state index contributed by atoms with van der Waals surface area (Å²) in [6.45, 7) is 11.0. The Kier molecular flexibility index (Phi) is 4.83. The number of anilines is 1. The van der Waals surface area contributed by atoms with Gasteiger partial charge in [0, 0.05) is 18.8 Å². The van der Waals surface area contributed by atoms with E-state index in [4.69, 9.17) is 18.8 Å². The topological polar surface area (TPSA) is 57.2 Å². The van der Waals surface area contributed by atoms with Crippen LogP contribution < -0.4 is 10.4 Å². The van der Waals surface area contributed by atoms with Gasteiger partial charge in [0.25, 0.3) is 0 Å². The highest BCUT2D eigenvalue weighted by molar-refractivity contribution is 6.62. The lowest BCUT2D eigenvalue weighted by Crippen LogP contribution is -2.41. The first kappa shape index (κ1) is 18.2. The van der Waals surface area contributed by atoms with Gasteiger partial charge in [0.05, 0.1) is 37.1 Å². The highest BCUT2D eigenvalue weighted by Gasteiger charge is 2.51. The molecule has 0 amide bonds. The molecule has 0 spiro atoms. The number of morpholine rings is 1. The number of hydrogen-bond acceptors (Lipinski definition) is 6. The first-order valence-electron chi connectivity index (χ1n) is 8.65. The molecule has 0 aromatic heterocycles. The van der Waals surface area contributed by atoms with E-state index in [2.05, 4.69) is 4.90 Å². The molecule has 0 unspecified atom stereocenters. The zero-order valence-corrected chi connectivity index (χ0v) is 15.6. The van der Waals surface area contributed by atoms with E-state index in [-0.39, 0.29) is 5.97 Å². The van der Waals surface area contributed by atoms with Gasteiger partial charge in [-0.05, 0) is 51.4 Å². The van der Waals surface area contributed by atoms with Crippen LogP contribution in [0.15, 0.2) is 18.2 Å². The molecular formula is C18H26BNO5. The molecule has 6 nitrogen and oxygen atoms in total. The quantitative estimate of drug-likeness (QED) is 0.612. The average molecular weight is 347 g/mol. The maximum absolute atomic E-state index is 12.1. The first-order chi connectivity index (χ1) is 11.7. The standard InChI is InChI=1S/C18H26BNO5/c1-17(2)18(3,4)25-19(24-17)14-10-13(16(21)22-5)11-15(12-14)20-6-8-23-9-7-20/h10-12H,6-9H2,1-5H3. The van der Waals surface area contributed by atoms with E-state index in [1.54, 1.807) is 6.07 Å². The predicted molar refractivity (Wildman–Crippen MR) is 96.5 cm³/mol. The number of hydrogen-bond donors (Lipinski definition) is 0. The van der Waals surface area contributed by atoms with Crippen LogP contribution in [0.2, 0.25) is 0 Å². The van der Waals surface area contributed by atoms with E-state index < -0.39 is 18.3 Å². The molecule has 2 saturated heterocycles. The SMILES string of the molecule is COC(=O)c1cc(B2OC(C)(C)C(C)(C)O2)cc(N2CCOCC2)c1. The van der Waals surface area contributed by atoms with Crippen LogP contribution in [0.1, 0.15) is 38.1 Å². The Morgan fingerprint density at radius 2 is 1.68 bits per heavy atom. The van der Waals surface area contributed by atoms with E-state index in [9.17, 15) is 4.79 Å². The van der Waals surface area contributed by atoms with Gasteiger partial charge in [0.15, 0.2) is 0 Å². The molecule has 2 heterocycles. The van der Waals surface area contributed by atoms with Gasteiger partial charge in [0.1, 0.15) is 0 Å². The Morgan fingerprint density at radius 1 is 1.08 bits per heavy atom. The van der Waals surface area contributed by atoms with Gasteiger partial charge in [-0.15, -0.1) is 0 Å². The van der Waals surface area contributed by atoms with E-state index in [0.29, 0.717) is 18.8 Å². The summed E-state index contributed by atoms with van der Waals surface area (Å²) in [4.78, 5) is 14.3. The molecule has 0 radical (unpaired) electrons. The second-order valence-corrected chi connectivity index (χ2v) is 7.49. The molecular weight excluding hydrogens is 321 g/mol. The Bertz CT molecular complexity index is 639. The molecule has 1 aromatic rings. The number of esters is 1. The minimum Gasteiger partial charge on any atom is -0.465 e. The fraction of sp³-hybridized carbons (Fsp3) is 0.611. The van der Waals surface area contributed by atoms with Crippen molar-refractivity contribution in [2.24, 2.45) is 0 Å². The summed E-state index contributed by atoms with van der Waals surface area (Å²) in [5.74, 6) is -0.368. The molecule has 2 aliphatic heterocycles. The van der Waals surface area contributed by atoms with Crippen molar-refractivity contribution in [2.45, 2.75) is 38.9 Å². The van der Waals surface area contributed by atoms with Gasteiger partial charge in [-0.1, -0.05) is 0 Å². The van der Waals surface area contributed by atoms with Crippen molar-refractivity contribution in [3.8, 4) is 0 Å². The molecule has 3 rings (SSSR count).